The molecule has 2 rings (SSSR count). The summed E-state index contributed by atoms with van der Waals surface area (Å²) in [6, 6.07) is 0.296. The molecular formula is C13H20N4O2S. The maximum absolute atomic E-state index is 12.1. The second-order valence-electron chi connectivity index (χ2n) is 5.11. The van der Waals surface area contributed by atoms with Gasteiger partial charge in [0.15, 0.2) is 0 Å². The van der Waals surface area contributed by atoms with Crippen LogP contribution in [0.15, 0.2) is 0 Å². The summed E-state index contributed by atoms with van der Waals surface area (Å²) in [5.41, 5.74) is 0. The molecule has 0 radical (unpaired) electrons. The van der Waals surface area contributed by atoms with Gasteiger partial charge in [0.05, 0.1) is 0 Å². The van der Waals surface area contributed by atoms with Gasteiger partial charge in [0.1, 0.15) is 5.01 Å². The molecule has 0 bridgehead atoms. The lowest BCUT2D eigenvalue weighted by Crippen LogP contribution is -2.42. The summed E-state index contributed by atoms with van der Waals surface area (Å²) in [5, 5.41) is 11.6. The van der Waals surface area contributed by atoms with Gasteiger partial charge in [0.2, 0.25) is 16.9 Å². The Kier molecular flexibility index (Phi) is 5.05. The fraction of sp³-hybridized carbons (Fsp3) is 0.692. The van der Waals surface area contributed by atoms with Gasteiger partial charge in [0.25, 0.3) is 0 Å². The van der Waals surface area contributed by atoms with Crippen LogP contribution in [0.25, 0.3) is 0 Å². The zero-order valence-electron chi connectivity index (χ0n) is 11.9. The molecule has 0 aliphatic carbocycles. The van der Waals surface area contributed by atoms with E-state index in [1.807, 2.05) is 11.8 Å². The lowest BCUT2D eigenvalue weighted by molar-refractivity contribution is -0.135. The number of aryl methyl sites for hydroxylation is 1. The summed E-state index contributed by atoms with van der Waals surface area (Å²) in [6.45, 7) is 4.72. The maximum Gasteiger partial charge on any atom is 0.226 e. The fourth-order valence-electron chi connectivity index (χ4n) is 2.36. The van der Waals surface area contributed by atoms with Crippen molar-refractivity contribution in [2.75, 3.05) is 11.9 Å². The molecule has 1 atom stereocenters. The van der Waals surface area contributed by atoms with Crippen molar-refractivity contribution >= 4 is 28.3 Å². The number of rotatable bonds is 4. The summed E-state index contributed by atoms with van der Waals surface area (Å²) >= 11 is 1.33. The van der Waals surface area contributed by atoms with Crippen LogP contribution in [0.4, 0.5) is 5.13 Å². The number of amides is 2. The number of anilines is 1. The minimum atomic E-state index is -0.181. The number of nitrogens with zero attached hydrogens (tertiary/aromatic N) is 3. The first kappa shape index (κ1) is 14.9. The largest absolute Gasteiger partial charge is 0.340 e. The highest BCUT2D eigenvalue weighted by Crippen LogP contribution is 2.18. The van der Waals surface area contributed by atoms with E-state index in [0.29, 0.717) is 11.2 Å². The van der Waals surface area contributed by atoms with E-state index in [9.17, 15) is 9.59 Å². The molecule has 1 fully saturated rings. The number of hydrogen-bond donors (Lipinski definition) is 1. The molecule has 1 saturated heterocycles. The van der Waals surface area contributed by atoms with Gasteiger partial charge < -0.3 is 10.2 Å². The molecule has 110 valence electrons. The topological polar surface area (TPSA) is 75.2 Å². The monoisotopic (exact) mass is 296 g/mol. The predicted octanol–water partition coefficient (Wildman–Crippen LogP) is 1.97. The first-order chi connectivity index (χ1) is 9.56. The van der Waals surface area contributed by atoms with Crippen molar-refractivity contribution in [1.82, 2.24) is 15.1 Å². The van der Waals surface area contributed by atoms with Gasteiger partial charge in [-0.05, 0) is 33.1 Å². The Hall–Kier alpha value is -1.50. The highest BCUT2D eigenvalue weighted by Gasteiger charge is 2.23. The quantitative estimate of drug-likeness (QED) is 0.921. The van der Waals surface area contributed by atoms with E-state index >= 15 is 0 Å². The molecule has 20 heavy (non-hydrogen) atoms. The molecule has 0 spiro atoms. The van der Waals surface area contributed by atoms with Crippen molar-refractivity contribution in [1.29, 1.82) is 0 Å². The van der Waals surface area contributed by atoms with Gasteiger partial charge in [-0.25, -0.2) is 0 Å². The minimum Gasteiger partial charge on any atom is -0.340 e. The molecule has 1 aliphatic rings. The van der Waals surface area contributed by atoms with Crippen molar-refractivity contribution in [2.45, 2.75) is 52.0 Å². The normalized spacial score (nSPS) is 18.9. The Morgan fingerprint density at radius 2 is 2.15 bits per heavy atom. The van der Waals surface area contributed by atoms with E-state index in [2.05, 4.69) is 22.4 Å². The number of carbonyl (C=O) groups is 2. The van der Waals surface area contributed by atoms with Gasteiger partial charge in [-0.1, -0.05) is 11.3 Å². The average Bonchev–Trinajstić information content (AvgIpc) is 2.82. The molecular weight excluding hydrogens is 276 g/mol. The van der Waals surface area contributed by atoms with Crippen LogP contribution < -0.4 is 5.32 Å². The maximum atomic E-state index is 12.1. The van der Waals surface area contributed by atoms with Crippen molar-refractivity contribution in [3.63, 3.8) is 0 Å². The third-order valence-corrected chi connectivity index (χ3v) is 4.22. The number of likely N-dealkylation sites (tertiary alicyclic amines) is 1. The first-order valence-electron chi connectivity index (χ1n) is 6.95. The van der Waals surface area contributed by atoms with E-state index in [4.69, 9.17) is 0 Å². The number of nitrogens with one attached hydrogen (secondary N) is 1. The average molecular weight is 296 g/mol. The Balaban J connectivity index is 1.76. The molecule has 0 saturated carbocycles. The zero-order valence-corrected chi connectivity index (χ0v) is 12.7. The number of hydrogen-bond acceptors (Lipinski definition) is 5. The summed E-state index contributed by atoms with van der Waals surface area (Å²) in [6.07, 6.45) is 3.75. The van der Waals surface area contributed by atoms with Crippen LogP contribution >= 0.6 is 11.3 Å². The summed E-state index contributed by atoms with van der Waals surface area (Å²) in [7, 11) is 0. The van der Waals surface area contributed by atoms with Crippen LogP contribution in [0, 0.1) is 6.92 Å². The molecule has 1 unspecified atom stereocenters. The SMILES string of the molecule is Cc1nnc(NC(=O)CCC(=O)N2CCCCC2C)s1. The van der Waals surface area contributed by atoms with Crippen LogP contribution in [0.3, 0.4) is 0 Å². The number of carbonyl (C=O) groups excluding carboxylic acids is 2. The third-order valence-electron chi connectivity index (χ3n) is 3.46. The Labute approximate surface area is 122 Å². The Bertz CT molecular complexity index is 488. The highest BCUT2D eigenvalue weighted by molar-refractivity contribution is 7.15. The smallest absolute Gasteiger partial charge is 0.226 e. The van der Waals surface area contributed by atoms with Crippen molar-refractivity contribution in [2.24, 2.45) is 0 Å². The van der Waals surface area contributed by atoms with E-state index < -0.39 is 0 Å². The Morgan fingerprint density at radius 1 is 1.35 bits per heavy atom. The molecule has 1 aliphatic heterocycles. The third kappa shape index (κ3) is 4.00. The zero-order chi connectivity index (χ0) is 14.5. The van der Waals surface area contributed by atoms with Crippen LogP contribution in [-0.4, -0.2) is 39.5 Å². The second kappa shape index (κ2) is 6.78. The van der Waals surface area contributed by atoms with Crippen molar-refractivity contribution in [3.05, 3.63) is 5.01 Å². The number of piperidine rings is 1. The van der Waals surface area contributed by atoms with E-state index in [-0.39, 0.29) is 24.7 Å². The van der Waals surface area contributed by atoms with E-state index in [1.54, 1.807) is 0 Å². The highest BCUT2D eigenvalue weighted by atomic mass is 32.1. The molecule has 1 aromatic heterocycles. The van der Waals surface area contributed by atoms with Gasteiger partial charge >= 0.3 is 0 Å². The molecule has 2 amide bonds. The minimum absolute atomic E-state index is 0.0702. The summed E-state index contributed by atoms with van der Waals surface area (Å²) < 4.78 is 0. The standard InChI is InChI=1S/C13H20N4O2S/c1-9-5-3-4-8-17(9)12(19)7-6-11(18)14-13-16-15-10(2)20-13/h9H,3-8H2,1-2H3,(H,14,16,18). The summed E-state index contributed by atoms with van der Waals surface area (Å²) in [4.78, 5) is 25.7. The molecule has 6 nitrogen and oxygen atoms in total. The van der Waals surface area contributed by atoms with Gasteiger partial charge in [-0.15, -0.1) is 10.2 Å². The molecule has 7 heteroatoms. The second-order valence-corrected chi connectivity index (χ2v) is 6.29. The van der Waals surface area contributed by atoms with Crippen LogP contribution in [0.1, 0.15) is 44.0 Å². The van der Waals surface area contributed by atoms with Gasteiger partial charge in [0, 0.05) is 25.4 Å². The fourth-order valence-corrected chi connectivity index (χ4v) is 2.97. The van der Waals surface area contributed by atoms with Crippen molar-refractivity contribution < 1.29 is 9.59 Å². The number of aromatic nitrogens is 2. The lowest BCUT2D eigenvalue weighted by Gasteiger charge is -2.33. The van der Waals surface area contributed by atoms with Crippen LogP contribution in [0.2, 0.25) is 0 Å². The van der Waals surface area contributed by atoms with E-state index in [1.165, 1.54) is 17.8 Å². The first-order valence-corrected chi connectivity index (χ1v) is 7.77. The molecule has 1 N–H and O–H groups in total. The van der Waals surface area contributed by atoms with Gasteiger partial charge in [-0.3, -0.25) is 9.59 Å². The van der Waals surface area contributed by atoms with Crippen LogP contribution in [-0.2, 0) is 9.59 Å². The predicted molar refractivity (Wildman–Crippen MR) is 77.5 cm³/mol. The lowest BCUT2D eigenvalue weighted by atomic mass is 10.0. The van der Waals surface area contributed by atoms with E-state index in [0.717, 1.165) is 24.4 Å². The summed E-state index contributed by atoms with van der Waals surface area (Å²) in [5.74, 6) is -0.111. The Morgan fingerprint density at radius 3 is 2.80 bits per heavy atom. The van der Waals surface area contributed by atoms with Crippen molar-refractivity contribution in [3.8, 4) is 0 Å². The molecule has 2 heterocycles. The van der Waals surface area contributed by atoms with Gasteiger partial charge in [-0.2, -0.15) is 0 Å². The molecule has 1 aromatic rings. The molecule has 0 aromatic carbocycles. The van der Waals surface area contributed by atoms with Crippen LogP contribution in [0.5, 0.6) is 0 Å².